The normalized spacial score (nSPS) is 11.5. The Morgan fingerprint density at radius 3 is 2.55 bits per heavy atom. The second kappa shape index (κ2) is 7.91. The first-order chi connectivity index (χ1) is 10.6. The maximum absolute atomic E-state index is 12.3. The predicted octanol–water partition coefficient (Wildman–Crippen LogP) is 3.42. The van der Waals surface area contributed by atoms with Gasteiger partial charge in [0.05, 0.1) is 5.57 Å². The highest BCUT2D eigenvalue weighted by Gasteiger charge is 2.17. The first kappa shape index (κ1) is 16.5. The summed E-state index contributed by atoms with van der Waals surface area (Å²) in [5, 5.41) is 6.53. The molecule has 1 N–H and O–H groups in total. The van der Waals surface area contributed by atoms with E-state index in [1.165, 1.54) is 22.7 Å². The van der Waals surface area contributed by atoms with E-state index < -0.39 is 5.97 Å². The van der Waals surface area contributed by atoms with Crippen molar-refractivity contribution in [2.75, 3.05) is 6.61 Å². The molecular weight excluding hydrogens is 318 g/mol. The van der Waals surface area contributed by atoms with E-state index in [1.807, 2.05) is 48.9 Å². The number of ether oxygens (including phenoxy) is 1. The molecule has 116 valence electrons. The third-order valence-corrected chi connectivity index (χ3v) is 4.34. The second-order valence-electron chi connectivity index (χ2n) is 4.85. The summed E-state index contributed by atoms with van der Waals surface area (Å²) >= 11 is 3.00. The minimum atomic E-state index is -0.491. The molecule has 0 bridgehead atoms. The van der Waals surface area contributed by atoms with Gasteiger partial charge in [-0.05, 0) is 42.8 Å². The molecule has 2 heterocycles. The molecule has 0 aromatic carbocycles. The van der Waals surface area contributed by atoms with Gasteiger partial charge in [-0.15, -0.1) is 22.7 Å². The van der Waals surface area contributed by atoms with Crippen molar-refractivity contribution in [2.24, 2.45) is 0 Å². The molecule has 0 spiro atoms. The molecule has 22 heavy (non-hydrogen) atoms. The second-order valence-corrected chi connectivity index (χ2v) is 6.78. The molecule has 0 aliphatic rings. The Balaban J connectivity index is 2.09. The average molecular weight is 335 g/mol. The van der Waals surface area contributed by atoms with Crippen molar-refractivity contribution >= 4 is 46.2 Å². The minimum Gasteiger partial charge on any atom is -0.452 e. The molecule has 0 unspecified atom stereocenters. The molecule has 1 amide bonds. The first-order valence-corrected chi connectivity index (χ1v) is 8.57. The van der Waals surface area contributed by atoms with Crippen LogP contribution in [0.5, 0.6) is 0 Å². The zero-order valence-corrected chi connectivity index (χ0v) is 14.0. The molecule has 4 nitrogen and oxygen atoms in total. The van der Waals surface area contributed by atoms with Gasteiger partial charge in [-0.3, -0.25) is 4.79 Å². The standard InChI is InChI=1S/C16H17NO3S2/c1-11(2)17-15(18)10-20-16(19)13(14-6-4-8-22-14)9-12-5-3-7-21-12/h3-9,11H,10H2,1-2H3,(H,17,18)/b13-9+. The number of rotatable bonds is 6. The Bertz CT molecular complexity index is 643. The fourth-order valence-electron chi connectivity index (χ4n) is 1.75. The number of carbonyl (C=O) groups excluding carboxylic acids is 2. The van der Waals surface area contributed by atoms with Crippen molar-refractivity contribution in [2.45, 2.75) is 19.9 Å². The largest absolute Gasteiger partial charge is 0.452 e. The van der Waals surface area contributed by atoms with Gasteiger partial charge in [-0.25, -0.2) is 4.79 Å². The van der Waals surface area contributed by atoms with Crippen LogP contribution in [-0.2, 0) is 14.3 Å². The van der Waals surface area contributed by atoms with Crippen LogP contribution < -0.4 is 5.32 Å². The number of thiophene rings is 2. The smallest absolute Gasteiger partial charge is 0.340 e. The zero-order valence-electron chi connectivity index (χ0n) is 12.4. The molecule has 0 fully saturated rings. The highest BCUT2D eigenvalue weighted by atomic mass is 32.1. The molecule has 0 aliphatic carbocycles. The summed E-state index contributed by atoms with van der Waals surface area (Å²) in [6.45, 7) is 3.44. The monoisotopic (exact) mass is 335 g/mol. The molecule has 2 aromatic rings. The van der Waals surface area contributed by atoms with Crippen molar-refractivity contribution in [3.63, 3.8) is 0 Å². The van der Waals surface area contributed by atoms with E-state index in [9.17, 15) is 9.59 Å². The molecule has 0 aliphatic heterocycles. The van der Waals surface area contributed by atoms with Gasteiger partial charge in [0.1, 0.15) is 0 Å². The van der Waals surface area contributed by atoms with Gasteiger partial charge in [-0.2, -0.15) is 0 Å². The van der Waals surface area contributed by atoms with Gasteiger partial charge >= 0.3 is 5.97 Å². The van der Waals surface area contributed by atoms with Crippen molar-refractivity contribution in [3.8, 4) is 0 Å². The van der Waals surface area contributed by atoms with Gasteiger partial charge in [0.15, 0.2) is 6.61 Å². The summed E-state index contributed by atoms with van der Waals surface area (Å²) in [6.07, 6.45) is 1.79. The third kappa shape index (κ3) is 4.82. The van der Waals surface area contributed by atoms with Crippen molar-refractivity contribution in [1.82, 2.24) is 5.32 Å². The Morgan fingerprint density at radius 1 is 1.23 bits per heavy atom. The summed E-state index contributed by atoms with van der Waals surface area (Å²) in [7, 11) is 0. The summed E-state index contributed by atoms with van der Waals surface area (Å²) < 4.78 is 5.13. The maximum Gasteiger partial charge on any atom is 0.340 e. The topological polar surface area (TPSA) is 55.4 Å². The summed E-state index contributed by atoms with van der Waals surface area (Å²) in [4.78, 5) is 25.7. The highest BCUT2D eigenvalue weighted by Crippen LogP contribution is 2.25. The van der Waals surface area contributed by atoms with E-state index in [2.05, 4.69) is 5.32 Å². The van der Waals surface area contributed by atoms with E-state index in [0.717, 1.165) is 9.75 Å². The van der Waals surface area contributed by atoms with Crippen LogP contribution >= 0.6 is 22.7 Å². The average Bonchev–Trinajstić information content (AvgIpc) is 3.14. The van der Waals surface area contributed by atoms with Gasteiger partial charge in [0.2, 0.25) is 0 Å². The summed E-state index contributed by atoms with van der Waals surface area (Å²) in [5.74, 6) is -0.792. The number of esters is 1. The van der Waals surface area contributed by atoms with Crippen molar-refractivity contribution in [3.05, 3.63) is 44.8 Å². The minimum absolute atomic E-state index is 0.0182. The van der Waals surface area contributed by atoms with Crippen LogP contribution in [0, 0.1) is 0 Å². The van der Waals surface area contributed by atoms with E-state index in [-0.39, 0.29) is 18.6 Å². The van der Waals surface area contributed by atoms with Crippen molar-refractivity contribution in [1.29, 1.82) is 0 Å². The van der Waals surface area contributed by atoms with Crippen LogP contribution in [0.4, 0.5) is 0 Å². The van der Waals surface area contributed by atoms with Crippen LogP contribution in [0.25, 0.3) is 11.6 Å². The van der Waals surface area contributed by atoms with Crippen LogP contribution in [0.15, 0.2) is 35.0 Å². The number of amides is 1. The highest BCUT2D eigenvalue weighted by molar-refractivity contribution is 7.12. The fraction of sp³-hybridized carbons (Fsp3) is 0.250. The predicted molar refractivity (Wildman–Crippen MR) is 90.7 cm³/mol. The molecule has 0 radical (unpaired) electrons. The van der Waals surface area contributed by atoms with Crippen LogP contribution in [0.1, 0.15) is 23.6 Å². The third-order valence-electron chi connectivity index (χ3n) is 2.62. The maximum atomic E-state index is 12.3. The molecule has 0 atom stereocenters. The quantitative estimate of drug-likeness (QED) is 0.650. The number of nitrogens with one attached hydrogen (secondary N) is 1. The fourth-order valence-corrected chi connectivity index (χ4v) is 3.14. The number of carbonyl (C=O) groups is 2. The first-order valence-electron chi connectivity index (χ1n) is 6.82. The van der Waals surface area contributed by atoms with Crippen LogP contribution in [-0.4, -0.2) is 24.5 Å². The molecule has 2 rings (SSSR count). The van der Waals surface area contributed by atoms with Crippen LogP contribution in [0.2, 0.25) is 0 Å². The van der Waals surface area contributed by atoms with Gasteiger partial charge in [-0.1, -0.05) is 12.1 Å². The lowest BCUT2D eigenvalue weighted by atomic mass is 10.2. The number of hydrogen-bond donors (Lipinski definition) is 1. The molecule has 2 aromatic heterocycles. The summed E-state index contributed by atoms with van der Waals surface area (Å²) in [5.41, 5.74) is 0.467. The van der Waals surface area contributed by atoms with E-state index in [0.29, 0.717) is 5.57 Å². The molecule has 0 saturated carbocycles. The molecular formula is C16H17NO3S2. The SMILES string of the molecule is CC(C)NC(=O)COC(=O)/C(=C/c1cccs1)c1cccs1. The Kier molecular flexibility index (Phi) is 5.91. The lowest BCUT2D eigenvalue weighted by molar-refractivity contribution is -0.143. The van der Waals surface area contributed by atoms with E-state index >= 15 is 0 Å². The number of hydrogen-bond acceptors (Lipinski definition) is 5. The lowest BCUT2D eigenvalue weighted by Gasteiger charge is -2.10. The molecule has 0 saturated heterocycles. The van der Waals surface area contributed by atoms with Crippen LogP contribution in [0.3, 0.4) is 0 Å². The van der Waals surface area contributed by atoms with E-state index in [1.54, 1.807) is 6.08 Å². The van der Waals surface area contributed by atoms with E-state index in [4.69, 9.17) is 4.74 Å². The zero-order chi connectivity index (χ0) is 15.9. The lowest BCUT2D eigenvalue weighted by Crippen LogP contribution is -2.34. The van der Waals surface area contributed by atoms with Gasteiger partial charge in [0.25, 0.3) is 5.91 Å². The van der Waals surface area contributed by atoms with Gasteiger partial charge < -0.3 is 10.1 Å². The Hall–Kier alpha value is -1.92. The van der Waals surface area contributed by atoms with Crippen molar-refractivity contribution < 1.29 is 14.3 Å². The Morgan fingerprint density at radius 2 is 1.95 bits per heavy atom. The summed E-state index contributed by atoms with van der Waals surface area (Å²) in [6, 6.07) is 7.60. The van der Waals surface area contributed by atoms with Gasteiger partial charge in [0, 0.05) is 15.8 Å². The molecule has 6 heteroatoms. The Labute approximate surface area is 137 Å².